The van der Waals surface area contributed by atoms with E-state index < -0.39 is 33.0 Å². The summed E-state index contributed by atoms with van der Waals surface area (Å²) in [5.74, 6) is -1.72. The van der Waals surface area contributed by atoms with Crippen LogP contribution in [0.25, 0.3) is 0 Å². The first-order valence-corrected chi connectivity index (χ1v) is 9.12. The SMILES string of the molecule is O=C(Nc1ccccc1)C1CNNC1S(=O)(=O)Nc1ccc(F)cc1. The van der Waals surface area contributed by atoms with Crippen molar-refractivity contribution >= 4 is 27.3 Å². The standard InChI is InChI=1S/C16H17FN4O3S/c17-11-6-8-13(9-7-11)21-25(23,24)16-14(10-18-20-16)15(22)19-12-4-2-1-3-5-12/h1-9,14,16,18,20-21H,10H2,(H,19,22). The van der Waals surface area contributed by atoms with E-state index in [1.54, 1.807) is 24.3 Å². The summed E-state index contributed by atoms with van der Waals surface area (Å²) in [6, 6.07) is 13.7. The second-order valence-electron chi connectivity index (χ2n) is 5.56. The molecule has 2 unspecified atom stereocenters. The molecule has 7 nitrogen and oxygen atoms in total. The Morgan fingerprint density at radius 2 is 1.72 bits per heavy atom. The number of nitrogens with one attached hydrogen (secondary N) is 4. The fourth-order valence-corrected chi connectivity index (χ4v) is 3.99. The fourth-order valence-electron chi connectivity index (χ4n) is 2.50. The third-order valence-corrected chi connectivity index (χ3v) is 5.38. The Bertz CT molecular complexity index is 843. The summed E-state index contributed by atoms with van der Waals surface area (Å²) >= 11 is 0. The van der Waals surface area contributed by atoms with Gasteiger partial charge < -0.3 is 5.32 Å². The lowest BCUT2D eigenvalue weighted by molar-refractivity contribution is -0.119. The van der Waals surface area contributed by atoms with E-state index in [1.165, 1.54) is 12.1 Å². The molecule has 25 heavy (non-hydrogen) atoms. The molecule has 4 N–H and O–H groups in total. The van der Waals surface area contributed by atoms with Crippen LogP contribution in [-0.4, -0.2) is 26.2 Å². The van der Waals surface area contributed by atoms with Gasteiger partial charge in [-0.25, -0.2) is 18.2 Å². The van der Waals surface area contributed by atoms with Crippen LogP contribution in [0.4, 0.5) is 15.8 Å². The summed E-state index contributed by atoms with van der Waals surface area (Å²) in [5.41, 5.74) is 6.11. The number of halogens is 1. The number of para-hydroxylation sites is 1. The quantitative estimate of drug-likeness (QED) is 0.640. The maximum absolute atomic E-state index is 12.9. The molecule has 132 valence electrons. The van der Waals surface area contributed by atoms with Crippen LogP contribution in [0.15, 0.2) is 54.6 Å². The first-order chi connectivity index (χ1) is 12.0. The van der Waals surface area contributed by atoms with Crippen molar-refractivity contribution in [3.8, 4) is 0 Å². The van der Waals surface area contributed by atoms with Crippen molar-refractivity contribution in [3.63, 3.8) is 0 Å². The van der Waals surface area contributed by atoms with Crippen molar-refractivity contribution in [1.82, 2.24) is 10.9 Å². The van der Waals surface area contributed by atoms with Crippen LogP contribution in [0.5, 0.6) is 0 Å². The van der Waals surface area contributed by atoms with Gasteiger partial charge in [-0.2, -0.15) is 0 Å². The highest BCUT2D eigenvalue weighted by molar-refractivity contribution is 7.93. The van der Waals surface area contributed by atoms with E-state index in [0.29, 0.717) is 5.69 Å². The van der Waals surface area contributed by atoms with Crippen molar-refractivity contribution in [2.45, 2.75) is 5.37 Å². The van der Waals surface area contributed by atoms with E-state index in [1.807, 2.05) is 6.07 Å². The molecule has 2 atom stereocenters. The molecular formula is C16H17FN4O3S. The molecule has 1 saturated heterocycles. The molecule has 0 saturated carbocycles. The summed E-state index contributed by atoms with van der Waals surface area (Å²) < 4.78 is 40.4. The zero-order valence-corrected chi connectivity index (χ0v) is 13.9. The monoisotopic (exact) mass is 364 g/mol. The molecule has 0 bridgehead atoms. The first kappa shape index (κ1) is 17.3. The molecule has 1 aliphatic heterocycles. The van der Waals surface area contributed by atoms with Crippen LogP contribution in [0.1, 0.15) is 0 Å². The van der Waals surface area contributed by atoms with Gasteiger partial charge in [-0.3, -0.25) is 14.9 Å². The Hall–Kier alpha value is -2.49. The lowest BCUT2D eigenvalue weighted by Crippen LogP contribution is -2.45. The van der Waals surface area contributed by atoms with E-state index in [0.717, 1.165) is 12.1 Å². The van der Waals surface area contributed by atoms with Gasteiger partial charge in [-0.05, 0) is 36.4 Å². The molecule has 0 aromatic heterocycles. The van der Waals surface area contributed by atoms with E-state index >= 15 is 0 Å². The zero-order chi connectivity index (χ0) is 17.9. The number of amides is 1. The minimum atomic E-state index is -3.92. The second-order valence-corrected chi connectivity index (χ2v) is 7.36. The average molecular weight is 364 g/mol. The third-order valence-electron chi connectivity index (χ3n) is 3.75. The van der Waals surface area contributed by atoms with E-state index in [-0.39, 0.29) is 12.2 Å². The molecule has 1 amide bonds. The Morgan fingerprint density at radius 1 is 1.04 bits per heavy atom. The number of benzene rings is 2. The van der Waals surface area contributed by atoms with E-state index in [4.69, 9.17) is 0 Å². The topological polar surface area (TPSA) is 99.3 Å². The number of hydrogen-bond acceptors (Lipinski definition) is 5. The molecule has 9 heteroatoms. The van der Waals surface area contributed by atoms with E-state index in [2.05, 4.69) is 20.9 Å². The molecule has 3 rings (SSSR count). The predicted octanol–water partition coefficient (Wildman–Crippen LogP) is 1.26. The van der Waals surface area contributed by atoms with Gasteiger partial charge >= 0.3 is 0 Å². The highest BCUT2D eigenvalue weighted by Crippen LogP contribution is 2.20. The maximum atomic E-state index is 12.9. The minimum absolute atomic E-state index is 0.160. The molecule has 0 radical (unpaired) electrons. The summed E-state index contributed by atoms with van der Waals surface area (Å²) in [6.07, 6.45) is 0. The molecule has 2 aromatic carbocycles. The van der Waals surface area contributed by atoms with Crippen molar-refractivity contribution in [2.75, 3.05) is 16.6 Å². The zero-order valence-electron chi connectivity index (χ0n) is 13.1. The highest BCUT2D eigenvalue weighted by Gasteiger charge is 2.41. The van der Waals surface area contributed by atoms with Crippen LogP contribution in [-0.2, 0) is 14.8 Å². The summed E-state index contributed by atoms with van der Waals surface area (Å²) in [4.78, 5) is 12.4. The highest BCUT2D eigenvalue weighted by atomic mass is 32.2. The molecular weight excluding hydrogens is 347 g/mol. The normalized spacial score (nSPS) is 20.2. The minimum Gasteiger partial charge on any atom is -0.326 e. The van der Waals surface area contributed by atoms with Gasteiger partial charge in [0.15, 0.2) is 5.37 Å². The van der Waals surface area contributed by atoms with Crippen molar-refractivity contribution in [1.29, 1.82) is 0 Å². The van der Waals surface area contributed by atoms with Crippen LogP contribution in [0.2, 0.25) is 0 Å². The second kappa shape index (κ2) is 7.18. The van der Waals surface area contributed by atoms with Crippen molar-refractivity contribution in [2.24, 2.45) is 5.92 Å². The average Bonchev–Trinajstić information content (AvgIpc) is 3.09. The largest absolute Gasteiger partial charge is 0.326 e. The van der Waals surface area contributed by atoms with Gasteiger partial charge in [-0.1, -0.05) is 18.2 Å². The van der Waals surface area contributed by atoms with Gasteiger partial charge in [0, 0.05) is 17.9 Å². The number of sulfonamides is 1. The lowest BCUT2D eigenvalue weighted by atomic mass is 10.1. The molecule has 0 spiro atoms. The van der Waals surface area contributed by atoms with Gasteiger partial charge in [0.25, 0.3) is 10.0 Å². The summed E-state index contributed by atoms with van der Waals surface area (Å²) in [5, 5.41) is 1.53. The smallest absolute Gasteiger partial charge is 0.250 e. The number of hydrazine groups is 1. The summed E-state index contributed by atoms with van der Waals surface area (Å²) in [7, 11) is -3.92. The molecule has 2 aromatic rings. The number of hydrogen-bond donors (Lipinski definition) is 4. The Balaban J connectivity index is 1.73. The number of carbonyl (C=O) groups is 1. The lowest BCUT2D eigenvalue weighted by Gasteiger charge is -2.19. The van der Waals surface area contributed by atoms with Crippen LogP contribution >= 0.6 is 0 Å². The Kier molecular flexibility index (Phi) is 4.98. The number of anilines is 2. The fraction of sp³-hybridized carbons (Fsp3) is 0.188. The molecule has 1 fully saturated rings. The van der Waals surface area contributed by atoms with E-state index in [9.17, 15) is 17.6 Å². The summed E-state index contributed by atoms with van der Waals surface area (Å²) in [6.45, 7) is 0.160. The Morgan fingerprint density at radius 3 is 2.40 bits per heavy atom. The van der Waals surface area contributed by atoms with Gasteiger partial charge in [0.1, 0.15) is 5.82 Å². The van der Waals surface area contributed by atoms with Crippen LogP contribution in [0.3, 0.4) is 0 Å². The van der Waals surface area contributed by atoms with Gasteiger partial charge in [0.05, 0.1) is 5.92 Å². The van der Waals surface area contributed by atoms with Crippen LogP contribution < -0.4 is 20.9 Å². The number of carbonyl (C=O) groups excluding carboxylic acids is 1. The molecule has 1 heterocycles. The van der Waals surface area contributed by atoms with Crippen molar-refractivity contribution < 1.29 is 17.6 Å². The van der Waals surface area contributed by atoms with Crippen LogP contribution in [0, 0.1) is 11.7 Å². The first-order valence-electron chi connectivity index (χ1n) is 7.57. The third kappa shape index (κ3) is 4.13. The van der Waals surface area contributed by atoms with Gasteiger partial charge in [0.2, 0.25) is 5.91 Å². The number of rotatable bonds is 5. The Labute approximate surface area is 144 Å². The van der Waals surface area contributed by atoms with Gasteiger partial charge in [-0.15, -0.1) is 0 Å². The molecule has 1 aliphatic rings. The maximum Gasteiger partial charge on any atom is 0.250 e. The van der Waals surface area contributed by atoms with Crippen molar-refractivity contribution in [3.05, 3.63) is 60.4 Å². The molecule has 0 aliphatic carbocycles. The predicted molar refractivity (Wildman–Crippen MR) is 92.4 cm³/mol.